The van der Waals surface area contributed by atoms with E-state index in [1.165, 1.54) is 13.2 Å². The lowest BCUT2D eigenvalue weighted by atomic mass is 10.2. The summed E-state index contributed by atoms with van der Waals surface area (Å²) in [5, 5.41) is 0. The molecule has 0 aromatic rings. The van der Waals surface area contributed by atoms with Crippen LogP contribution >= 0.6 is 0 Å². The van der Waals surface area contributed by atoms with Crippen LogP contribution in [0.15, 0.2) is 23.9 Å². The van der Waals surface area contributed by atoms with Crippen LogP contribution < -0.4 is 0 Å². The Morgan fingerprint density at radius 2 is 2.21 bits per heavy atom. The first-order chi connectivity index (χ1) is 6.54. The quantitative estimate of drug-likeness (QED) is 0.701. The molecule has 0 bridgehead atoms. The van der Waals surface area contributed by atoms with Crippen molar-refractivity contribution in [1.82, 2.24) is 4.90 Å². The Kier molecular flexibility index (Phi) is 3.57. The Morgan fingerprint density at radius 1 is 1.50 bits per heavy atom. The highest BCUT2D eigenvalue weighted by Gasteiger charge is 2.33. The number of alkyl halides is 3. The van der Waals surface area contributed by atoms with Crippen LogP contribution in [0.4, 0.5) is 13.2 Å². The minimum absolute atomic E-state index is 0.426. The molecule has 0 fully saturated rings. The van der Waals surface area contributed by atoms with Crippen LogP contribution in [0.25, 0.3) is 0 Å². The fourth-order valence-electron chi connectivity index (χ4n) is 1.14. The van der Waals surface area contributed by atoms with E-state index in [9.17, 15) is 13.2 Å². The first-order valence-corrected chi connectivity index (χ1v) is 4.22. The standard InChI is InChI=1S/C9H12F3NO/c1-14-6-5-13-4-2-3-8(7-13)9(10,11)12/h2-3,7H,4-6H2,1H3. The van der Waals surface area contributed by atoms with Crippen molar-refractivity contribution in [2.45, 2.75) is 6.18 Å². The Labute approximate surface area is 80.6 Å². The van der Waals surface area contributed by atoms with E-state index in [1.54, 1.807) is 4.90 Å². The van der Waals surface area contributed by atoms with E-state index < -0.39 is 11.7 Å². The molecule has 0 radical (unpaired) electrons. The third kappa shape index (κ3) is 3.06. The predicted octanol–water partition coefficient (Wildman–Crippen LogP) is 1.95. The summed E-state index contributed by atoms with van der Waals surface area (Å²) < 4.78 is 41.6. The Balaban J connectivity index is 2.59. The molecule has 0 aromatic heterocycles. The van der Waals surface area contributed by atoms with Gasteiger partial charge in [-0.25, -0.2) is 0 Å². The van der Waals surface area contributed by atoms with E-state index in [4.69, 9.17) is 4.74 Å². The number of nitrogens with zero attached hydrogens (tertiary/aromatic N) is 1. The Morgan fingerprint density at radius 3 is 2.79 bits per heavy atom. The molecule has 1 rings (SSSR count). The molecule has 1 heterocycles. The van der Waals surface area contributed by atoms with Crippen molar-refractivity contribution >= 4 is 0 Å². The summed E-state index contributed by atoms with van der Waals surface area (Å²) in [4.78, 5) is 1.58. The molecule has 0 aromatic carbocycles. The fraction of sp³-hybridized carbons (Fsp3) is 0.556. The third-order valence-electron chi connectivity index (χ3n) is 1.87. The SMILES string of the molecule is COCCN1C=C(C(F)(F)F)C=CC1. The average molecular weight is 207 g/mol. The average Bonchev–Trinajstić information content (AvgIpc) is 2.14. The second-order valence-electron chi connectivity index (χ2n) is 2.97. The maximum absolute atomic E-state index is 12.3. The highest BCUT2D eigenvalue weighted by molar-refractivity contribution is 5.26. The molecule has 14 heavy (non-hydrogen) atoms. The van der Waals surface area contributed by atoms with Crippen molar-refractivity contribution in [3.8, 4) is 0 Å². The van der Waals surface area contributed by atoms with Crippen molar-refractivity contribution in [1.29, 1.82) is 0 Å². The van der Waals surface area contributed by atoms with Gasteiger partial charge < -0.3 is 9.64 Å². The minimum Gasteiger partial charge on any atom is -0.383 e. The fourth-order valence-corrected chi connectivity index (χ4v) is 1.14. The van der Waals surface area contributed by atoms with E-state index in [1.807, 2.05) is 0 Å². The first-order valence-electron chi connectivity index (χ1n) is 4.22. The van der Waals surface area contributed by atoms with Gasteiger partial charge in [0.25, 0.3) is 0 Å². The molecule has 1 aliphatic rings. The number of allylic oxidation sites excluding steroid dienone is 2. The van der Waals surface area contributed by atoms with Crippen molar-refractivity contribution in [2.75, 3.05) is 26.8 Å². The van der Waals surface area contributed by atoms with Crippen LogP contribution in [0, 0.1) is 0 Å². The number of ether oxygens (including phenoxy) is 1. The largest absolute Gasteiger partial charge is 0.417 e. The van der Waals surface area contributed by atoms with E-state index in [0.29, 0.717) is 19.7 Å². The van der Waals surface area contributed by atoms with Crippen molar-refractivity contribution in [2.24, 2.45) is 0 Å². The summed E-state index contributed by atoms with van der Waals surface area (Å²) in [7, 11) is 1.52. The molecule has 0 saturated heterocycles. The van der Waals surface area contributed by atoms with Gasteiger partial charge in [-0.2, -0.15) is 13.2 Å². The second-order valence-corrected chi connectivity index (χ2v) is 2.97. The van der Waals surface area contributed by atoms with Gasteiger partial charge in [0, 0.05) is 26.4 Å². The molecule has 5 heteroatoms. The summed E-state index contributed by atoms with van der Waals surface area (Å²) in [5.74, 6) is 0. The van der Waals surface area contributed by atoms with Crippen LogP contribution in [-0.2, 0) is 4.74 Å². The van der Waals surface area contributed by atoms with Crippen molar-refractivity contribution < 1.29 is 17.9 Å². The van der Waals surface area contributed by atoms with Gasteiger partial charge >= 0.3 is 6.18 Å². The summed E-state index contributed by atoms with van der Waals surface area (Å²) in [6, 6.07) is 0. The van der Waals surface area contributed by atoms with Crippen LogP contribution in [-0.4, -0.2) is 37.9 Å². The smallest absolute Gasteiger partial charge is 0.383 e. The first kappa shape index (κ1) is 11.1. The molecule has 0 saturated carbocycles. The van der Waals surface area contributed by atoms with Crippen molar-refractivity contribution in [3.05, 3.63) is 23.9 Å². The van der Waals surface area contributed by atoms with Gasteiger partial charge in [0.1, 0.15) is 0 Å². The van der Waals surface area contributed by atoms with Gasteiger partial charge in [0.05, 0.1) is 12.2 Å². The molecule has 0 N–H and O–H groups in total. The highest BCUT2D eigenvalue weighted by Crippen LogP contribution is 2.28. The highest BCUT2D eigenvalue weighted by atomic mass is 19.4. The van der Waals surface area contributed by atoms with Gasteiger partial charge in [0.2, 0.25) is 0 Å². The molecule has 0 unspecified atom stereocenters. The van der Waals surface area contributed by atoms with Gasteiger partial charge in [0.15, 0.2) is 0 Å². The molecule has 0 amide bonds. The van der Waals surface area contributed by atoms with E-state index in [0.717, 1.165) is 12.3 Å². The molecule has 2 nitrogen and oxygen atoms in total. The van der Waals surface area contributed by atoms with Gasteiger partial charge in [-0.05, 0) is 0 Å². The summed E-state index contributed by atoms with van der Waals surface area (Å²) >= 11 is 0. The molecule has 80 valence electrons. The van der Waals surface area contributed by atoms with Crippen LogP contribution in [0.5, 0.6) is 0 Å². The monoisotopic (exact) mass is 207 g/mol. The maximum atomic E-state index is 12.3. The van der Waals surface area contributed by atoms with E-state index >= 15 is 0 Å². The van der Waals surface area contributed by atoms with Gasteiger partial charge in [-0.3, -0.25) is 0 Å². The zero-order valence-electron chi connectivity index (χ0n) is 7.84. The maximum Gasteiger partial charge on any atom is 0.417 e. The summed E-state index contributed by atoms with van der Waals surface area (Å²) in [5.41, 5.74) is -0.611. The van der Waals surface area contributed by atoms with Gasteiger partial charge in [-0.15, -0.1) is 0 Å². The molecule has 0 spiro atoms. The summed E-state index contributed by atoms with van der Waals surface area (Å²) in [6.07, 6.45) is -0.539. The lowest BCUT2D eigenvalue weighted by Crippen LogP contribution is -2.27. The lowest BCUT2D eigenvalue weighted by Gasteiger charge is -2.23. The Bertz CT molecular complexity index is 245. The zero-order valence-corrected chi connectivity index (χ0v) is 7.84. The summed E-state index contributed by atoms with van der Waals surface area (Å²) in [6.45, 7) is 1.40. The molecule has 0 aliphatic carbocycles. The molecular formula is C9H12F3NO. The number of hydrogen-bond acceptors (Lipinski definition) is 2. The Hall–Kier alpha value is -0.970. The molecular weight excluding hydrogens is 195 g/mol. The van der Waals surface area contributed by atoms with Crippen molar-refractivity contribution in [3.63, 3.8) is 0 Å². The van der Waals surface area contributed by atoms with E-state index in [2.05, 4.69) is 0 Å². The van der Waals surface area contributed by atoms with Crippen LogP contribution in [0.3, 0.4) is 0 Å². The van der Waals surface area contributed by atoms with Crippen LogP contribution in [0.2, 0.25) is 0 Å². The lowest BCUT2D eigenvalue weighted by molar-refractivity contribution is -0.0896. The molecule has 1 aliphatic heterocycles. The van der Waals surface area contributed by atoms with Gasteiger partial charge in [-0.1, -0.05) is 12.2 Å². The number of halogens is 3. The second kappa shape index (κ2) is 4.50. The normalized spacial score (nSPS) is 17.1. The zero-order chi connectivity index (χ0) is 10.6. The van der Waals surface area contributed by atoms with E-state index in [-0.39, 0.29) is 0 Å². The number of hydrogen-bond donors (Lipinski definition) is 0. The van der Waals surface area contributed by atoms with Crippen LogP contribution in [0.1, 0.15) is 0 Å². The minimum atomic E-state index is -4.26. The predicted molar refractivity (Wildman–Crippen MR) is 46.7 cm³/mol. The number of methoxy groups -OCH3 is 1. The number of rotatable bonds is 3. The third-order valence-corrected chi connectivity index (χ3v) is 1.87. The topological polar surface area (TPSA) is 12.5 Å². The molecule has 0 atom stereocenters.